The molecule has 0 N–H and O–H groups in total. The number of ether oxygens (including phenoxy) is 2. The molecule has 1 fully saturated rings. The van der Waals surface area contributed by atoms with Crippen molar-refractivity contribution in [2.45, 2.75) is 64.7 Å². The summed E-state index contributed by atoms with van der Waals surface area (Å²) in [6.07, 6.45) is 8.71. The van der Waals surface area contributed by atoms with E-state index in [4.69, 9.17) is 21.1 Å². The summed E-state index contributed by atoms with van der Waals surface area (Å²) >= 11 is 8.43. The van der Waals surface area contributed by atoms with Crippen molar-refractivity contribution in [3.05, 3.63) is 32.7 Å². The Morgan fingerprint density at radius 1 is 1.16 bits per heavy atom. The third kappa shape index (κ3) is 4.59. The lowest BCUT2D eigenvalue weighted by molar-refractivity contribution is -0.123. The predicted octanol–water partition coefficient (Wildman–Crippen LogP) is 5.12. The molecule has 200 valence electrons. The topological polar surface area (TPSA) is 71.4 Å². The van der Waals surface area contributed by atoms with Crippen molar-refractivity contribution >= 4 is 40.9 Å². The van der Waals surface area contributed by atoms with Gasteiger partial charge in [-0.1, -0.05) is 11.6 Å². The smallest absolute Gasteiger partial charge is 0.255 e. The van der Waals surface area contributed by atoms with E-state index >= 15 is 0 Å². The maximum atomic E-state index is 13.8. The number of carbonyl (C=O) groups excluding carboxylic acids is 2. The molecule has 1 unspecified atom stereocenters. The van der Waals surface area contributed by atoms with Crippen LogP contribution in [0.3, 0.4) is 0 Å². The van der Waals surface area contributed by atoms with Crippen LogP contribution in [0.15, 0.2) is 16.0 Å². The van der Waals surface area contributed by atoms with Crippen molar-refractivity contribution in [1.29, 1.82) is 0 Å². The highest BCUT2D eigenvalue weighted by Crippen LogP contribution is 2.54. The molecule has 2 amide bonds. The average Bonchev–Trinajstić information content (AvgIpc) is 3.24. The minimum Gasteiger partial charge on any atom is -0.448 e. The van der Waals surface area contributed by atoms with Gasteiger partial charge in [-0.05, 0) is 77.9 Å². The first-order chi connectivity index (χ1) is 17.5. The number of hydrogen-bond acceptors (Lipinski definition) is 6. The van der Waals surface area contributed by atoms with E-state index < -0.39 is 11.7 Å². The van der Waals surface area contributed by atoms with Gasteiger partial charge in [0.05, 0.1) is 16.5 Å². The Hall–Kier alpha value is -2.03. The van der Waals surface area contributed by atoms with Gasteiger partial charge in [0, 0.05) is 48.2 Å². The van der Waals surface area contributed by atoms with Crippen LogP contribution in [0, 0.1) is 18.8 Å². The van der Waals surface area contributed by atoms with Gasteiger partial charge >= 0.3 is 0 Å². The van der Waals surface area contributed by atoms with Gasteiger partial charge in [0.1, 0.15) is 0 Å². The lowest BCUT2D eigenvalue weighted by Gasteiger charge is -2.39. The number of aliphatic imine (C=N–C) groups is 1. The molecule has 2 atom stereocenters. The van der Waals surface area contributed by atoms with Gasteiger partial charge in [-0.3, -0.25) is 9.59 Å². The first-order valence-corrected chi connectivity index (χ1v) is 14.7. The summed E-state index contributed by atoms with van der Waals surface area (Å²) in [5, 5.41) is 0.480. The Bertz CT molecular complexity index is 1200. The van der Waals surface area contributed by atoms with Gasteiger partial charge in [0.2, 0.25) is 0 Å². The first kappa shape index (κ1) is 26.6. The number of benzene rings is 1. The van der Waals surface area contributed by atoms with E-state index in [1.165, 1.54) is 11.8 Å². The van der Waals surface area contributed by atoms with Gasteiger partial charge in [-0.15, -0.1) is 11.8 Å². The quantitative estimate of drug-likeness (QED) is 0.511. The second kappa shape index (κ2) is 9.93. The van der Waals surface area contributed by atoms with Gasteiger partial charge in [-0.2, -0.15) is 0 Å². The van der Waals surface area contributed by atoms with E-state index in [-0.39, 0.29) is 17.7 Å². The van der Waals surface area contributed by atoms with E-state index in [0.717, 1.165) is 41.7 Å². The van der Waals surface area contributed by atoms with E-state index in [1.54, 1.807) is 4.90 Å². The van der Waals surface area contributed by atoms with Crippen LogP contribution in [-0.2, 0) is 11.2 Å². The normalized spacial score (nSPS) is 29.4. The number of halogens is 1. The first-order valence-electron chi connectivity index (χ1n) is 13.1. The molecule has 0 bridgehead atoms. The molecule has 5 rings (SSSR count). The number of allylic oxidation sites excluding steroid dienone is 1. The van der Waals surface area contributed by atoms with Crippen molar-refractivity contribution in [3.63, 3.8) is 0 Å². The van der Waals surface area contributed by atoms with Crippen LogP contribution in [0.1, 0.15) is 61.0 Å². The maximum Gasteiger partial charge on any atom is 0.255 e. The standard InChI is InChI=1S/C28H36ClN3O4S/c1-15-13-21(37-6)20(26(33)30-15)14-32-12-11-19-22(27(32)34)16(2)24-25(23(19)29)36-28(3,35-24)17-7-9-18(10-8-17)31(4)5/h13,17-18,20H,7-12,14H2,1-6H3/t17?,18?,20?,28-/m1/s1. The largest absolute Gasteiger partial charge is 0.448 e. The third-order valence-electron chi connectivity index (χ3n) is 8.52. The van der Waals surface area contributed by atoms with Gasteiger partial charge in [0.25, 0.3) is 17.6 Å². The lowest BCUT2D eigenvalue weighted by atomic mass is 9.81. The molecule has 1 saturated carbocycles. The Balaban J connectivity index is 1.39. The average molecular weight is 546 g/mol. The Morgan fingerprint density at radius 3 is 2.49 bits per heavy atom. The zero-order valence-corrected chi connectivity index (χ0v) is 24.1. The number of amides is 2. The van der Waals surface area contributed by atoms with Crippen LogP contribution in [0.25, 0.3) is 0 Å². The minimum atomic E-state index is -0.802. The van der Waals surface area contributed by atoms with Crippen LogP contribution >= 0.6 is 23.4 Å². The Labute approximate surface area is 228 Å². The molecule has 4 aliphatic rings. The number of dihydropyridines is 1. The fraction of sp³-hybridized carbons (Fsp3) is 0.607. The van der Waals surface area contributed by atoms with E-state index in [2.05, 4.69) is 24.0 Å². The van der Waals surface area contributed by atoms with Gasteiger partial charge < -0.3 is 19.3 Å². The molecule has 3 heterocycles. The number of thioether (sulfide) groups is 1. The molecule has 1 aliphatic carbocycles. The molecule has 1 aromatic carbocycles. The zero-order chi connectivity index (χ0) is 26.6. The highest BCUT2D eigenvalue weighted by molar-refractivity contribution is 8.02. The SMILES string of the molecule is CSC1=CC(C)=NC(=O)C1CN1CCc2c(Cl)c3c(c(C)c2C1=O)O[C@@](C)(C1CCC(N(C)C)CC1)O3. The highest BCUT2D eigenvalue weighted by Gasteiger charge is 2.49. The summed E-state index contributed by atoms with van der Waals surface area (Å²) in [4.78, 5) is 35.6. The molecule has 0 saturated heterocycles. The fourth-order valence-electron chi connectivity index (χ4n) is 6.29. The van der Waals surface area contributed by atoms with Crippen molar-refractivity contribution in [2.24, 2.45) is 16.8 Å². The van der Waals surface area contributed by atoms with Crippen molar-refractivity contribution < 1.29 is 19.1 Å². The van der Waals surface area contributed by atoms with E-state index in [0.29, 0.717) is 53.3 Å². The molecule has 0 radical (unpaired) electrons. The lowest BCUT2D eigenvalue weighted by Crippen LogP contribution is -2.46. The van der Waals surface area contributed by atoms with Crippen molar-refractivity contribution in [3.8, 4) is 11.5 Å². The summed E-state index contributed by atoms with van der Waals surface area (Å²) in [6.45, 7) is 6.54. The molecular formula is C28H36ClN3O4S. The van der Waals surface area contributed by atoms with Crippen LogP contribution in [0.4, 0.5) is 0 Å². The highest BCUT2D eigenvalue weighted by atomic mass is 35.5. The monoisotopic (exact) mass is 545 g/mol. The number of hydrogen-bond donors (Lipinski definition) is 0. The number of nitrogens with zero attached hydrogens (tertiary/aromatic N) is 3. The summed E-state index contributed by atoms with van der Waals surface area (Å²) in [7, 11) is 4.27. The number of carbonyl (C=O) groups is 2. The van der Waals surface area contributed by atoms with Crippen LogP contribution in [0.2, 0.25) is 5.02 Å². The molecule has 7 nitrogen and oxygen atoms in total. The number of rotatable bonds is 5. The number of fused-ring (bicyclic) bond motifs is 2. The van der Waals surface area contributed by atoms with Gasteiger partial charge in [0.15, 0.2) is 11.5 Å². The Morgan fingerprint density at radius 2 is 1.84 bits per heavy atom. The van der Waals surface area contributed by atoms with E-state index in [1.807, 2.05) is 33.1 Å². The summed E-state index contributed by atoms with van der Waals surface area (Å²) in [5.41, 5.74) is 2.86. The molecule has 1 aromatic rings. The van der Waals surface area contributed by atoms with Crippen LogP contribution < -0.4 is 9.47 Å². The Kier molecular flexibility index (Phi) is 7.13. The third-order valence-corrected chi connectivity index (χ3v) is 9.79. The molecule has 0 aromatic heterocycles. The molecular weight excluding hydrogens is 510 g/mol. The van der Waals surface area contributed by atoms with Gasteiger partial charge in [-0.25, -0.2) is 4.99 Å². The molecule has 3 aliphatic heterocycles. The second-order valence-electron chi connectivity index (χ2n) is 11.0. The fourth-order valence-corrected chi connectivity index (χ4v) is 7.35. The minimum absolute atomic E-state index is 0.119. The molecule has 37 heavy (non-hydrogen) atoms. The summed E-state index contributed by atoms with van der Waals surface area (Å²) in [5.74, 6) is -0.160. The second-order valence-corrected chi connectivity index (χ2v) is 12.3. The van der Waals surface area contributed by atoms with Crippen LogP contribution in [0.5, 0.6) is 11.5 Å². The summed E-state index contributed by atoms with van der Waals surface area (Å²) in [6, 6.07) is 0.581. The zero-order valence-electron chi connectivity index (χ0n) is 22.5. The molecule has 9 heteroatoms. The summed E-state index contributed by atoms with van der Waals surface area (Å²) < 4.78 is 13.0. The van der Waals surface area contributed by atoms with Crippen molar-refractivity contribution in [1.82, 2.24) is 9.80 Å². The van der Waals surface area contributed by atoms with E-state index in [9.17, 15) is 9.59 Å². The van der Waals surface area contributed by atoms with Crippen molar-refractivity contribution in [2.75, 3.05) is 33.4 Å². The van der Waals surface area contributed by atoms with Crippen LogP contribution in [-0.4, -0.2) is 72.6 Å². The predicted molar refractivity (Wildman–Crippen MR) is 148 cm³/mol. The molecule has 0 spiro atoms. The maximum absolute atomic E-state index is 13.8.